The van der Waals surface area contributed by atoms with Crippen molar-refractivity contribution in [2.24, 2.45) is 5.41 Å². The number of carbonyl (C=O) groups is 1. The predicted molar refractivity (Wildman–Crippen MR) is 84.0 cm³/mol. The van der Waals surface area contributed by atoms with Crippen LogP contribution < -0.4 is 0 Å². The molecule has 0 N–H and O–H groups in total. The Morgan fingerprint density at radius 1 is 1.29 bits per heavy atom. The van der Waals surface area contributed by atoms with Gasteiger partial charge >= 0.3 is 5.97 Å². The first-order valence-electron chi connectivity index (χ1n) is 7.01. The number of nitrogens with zero attached hydrogens (tertiary/aromatic N) is 1. The Morgan fingerprint density at radius 2 is 2.00 bits per heavy atom. The van der Waals surface area contributed by atoms with Crippen LogP contribution in [0.3, 0.4) is 0 Å². The molecule has 21 heavy (non-hydrogen) atoms. The van der Waals surface area contributed by atoms with Crippen LogP contribution in [0.4, 0.5) is 0 Å². The van der Waals surface area contributed by atoms with Gasteiger partial charge in [-0.05, 0) is 45.7 Å². The summed E-state index contributed by atoms with van der Waals surface area (Å²) in [4.78, 5) is 16.6. The molecule has 108 valence electrons. The molecule has 0 amide bonds. The average Bonchev–Trinajstić information content (AvgIpc) is 2.43. The monoisotopic (exact) mass is 281 g/mol. The third kappa shape index (κ3) is 3.82. The summed E-state index contributed by atoms with van der Waals surface area (Å²) in [7, 11) is 0. The van der Waals surface area contributed by atoms with Crippen LogP contribution in [0.1, 0.15) is 43.7 Å². The Hall–Kier alpha value is -2.34. The van der Waals surface area contributed by atoms with E-state index in [1.54, 1.807) is 13.0 Å². The number of ether oxygens (including phenoxy) is 1. The second-order valence-electron chi connectivity index (χ2n) is 5.80. The van der Waals surface area contributed by atoms with E-state index in [9.17, 15) is 4.79 Å². The molecule has 1 heterocycles. The van der Waals surface area contributed by atoms with Crippen molar-refractivity contribution >= 4 is 16.9 Å². The molecule has 0 spiro atoms. The van der Waals surface area contributed by atoms with Crippen molar-refractivity contribution in [3.8, 4) is 11.8 Å². The van der Waals surface area contributed by atoms with Crippen molar-refractivity contribution < 1.29 is 9.53 Å². The fourth-order valence-electron chi connectivity index (χ4n) is 1.82. The smallest absolute Gasteiger partial charge is 0.341 e. The van der Waals surface area contributed by atoms with E-state index in [1.165, 1.54) is 0 Å². The Kier molecular flexibility index (Phi) is 4.28. The first-order chi connectivity index (χ1) is 9.90. The third-order valence-corrected chi connectivity index (χ3v) is 2.78. The average molecular weight is 281 g/mol. The Balaban J connectivity index is 2.61. The lowest BCUT2D eigenvalue weighted by Crippen LogP contribution is -2.09. The SMILES string of the molecule is CCOC(=O)c1cc2ccccc2nc1C#CC(C)(C)C. The number of rotatable bonds is 2. The minimum Gasteiger partial charge on any atom is -0.462 e. The fraction of sp³-hybridized carbons (Fsp3) is 0.333. The van der Waals surface area contributed by atoms with E-state index in [1.807, 2.05) is 45.0 Å². The van der Waals surface area contributed by atoms with Gasteiger partial charge in [0, 0.05) is 10.8 Å². The Labute approximate surface area is 125 Å². The zero-order valence-electron chi connectivity index (χ0n) is 12.9. The van der Waals surface area contributed by atoms with Crippen molar-refractivity contribution in [2.45, 2.75) is 27.7 Å². The number of para-hydroxylation sites is 1. The standard InChI is InChI=1S/C18H19NO2/c1-5-21-17(20)14-12-13-8-6-7-9-15(13)19-16(14)10-11-18(2,3)4/h6-9,12H,5H2,1-4H3. The van der Waals surface area contributed by atoms with Gasteiger partial charge in [0.25, 0.3) is 0 Å². The van der Waals surface area contributed by atoms with E-state index < -0.39 is 0 Å². The van der Waals surface area contributed by atoms with E-state index in [4.69, 9.17) is 4.74 Å². The molecule has 0 aliphatic carbocycles. The van der Waals surface area contributed by atoms with Gasteiger partial charge in [0.15, 0.2) is 0 Å². The lowest BCUT2D eigenvalue weighted by molar-refractivity contribution is 0.0526. The van der Waals surface area contributed by atoms with E-state index >= 15 is 0 Å². The number of hydrogen-bond acceptors (Lipinski definition) is 3. The summed E-state index contributed by atoms with van der Waals surface area (Å²) >= 11 is 0. The van der Waals surface area contributed by atoms with Crippen LogP contribution in [0.5, 0.6) is 0 Å². The predicted octanol–water partition coefficient (Wildman–Crippen LogP) is 3.81. The summed E-state index contributed by atoms with van der Waals surface area (Å²) in [6, 6.07) is 9.46. The van der Waals surface area contributed by atoms with Gasteiger partial charge in [0.05, 0.1) is 17.7 Å². The molecular formula is C18H19NO2. The van der Waals surface area contributed by atoms with Crippen LogP contribution in [-0.4, -0.2) is 17.6 Å². The van der Waals surface area contributed by atoms with Gasteiger partial charge < -0.3 is 4.74 Å². The van der Waals surface area contributed by atoms with Crippen LogP contribution in [0.25, 0.3) is 10.9 Å². The highest BCUT2D eigenvalue weighted by atomic mass is 16.5. The van der Waals surface area contributed by atoms with Gasteiger partial charge in [-0.2, -0.15) is 0 Å². The molecular weight excluding hydrogens is 262 g/mol. The normalized spacial score (nSPS) is 10.9. The van der Waals surface area contributed by atoms with Gasteiger partial charge in [-0.25, -0.2) is 9.78 Å². The minimum absolute atomic E-state index is 0.154. The molecule has 2 rings (SSSR count). The molecule has 2 aromatic rings. The lowest BCUT2D eigenvalue weighted by atomic mass is 9.97. The zero-order chi connectivity index (χ0) is 15.5. The first-order valence-corrected chi connectivity index (χ1v) is 7.01. The molecule has 0 saturated carbocycles. The fourth-order valence-corrected chi connectivity index (χ4v) is 1.82. The molecule has 1 aromatic heterocycles. The van der Waals surface area contributed by atoms with Gasteiger partial charge in [-0.1, -0.05) is 24.1 Å². The van der Waals surface area contributed by atoms with Crippen LogP contribution in [0.15, 0.2) is 30.3 Å². The van der Waals surface area contributed by atoms with Gasteiger partial charge in [-0.3, -0.25) is 0 Å². The van der Waals surface area contributed by atoms with Crippen molar-refractivity contribution in [3.63, 3.8) is 0 Å². The molecule has 0 aliphatic heterocycles. The Bertz CT molecular complexity index is 730. The molecule has 0 saturated heterocycles. The molecule has 0 radical (unpaired) electrons. The summed E-state index contributed by atoms with van der Waals surface area (Å²) in [5, 5.41) is 0.905. The van der Waals surface area contributed by atoms with Gasteiger partial charge in [-0.15, -0.1) is 0 Å². The second-order valence-corrected chi connectivity index (χ2v) is 5.80. The maximum atomic E-state index is 12.1. The van der Waals surface area contributed by atoms with E-state index in [-0.39, 0.29) is 11.4 Å². The minimum atomic E-state index is -0.381. The summed E-state index contributed by atoms with van der Waals surface area (Å²) < 4.78 is 5.10. The van der Waals surface area contributed by atoms with Crippen molar-refractivity contribution in [1.82, 2.24) is 4.98 Å². The largest absolute Gasteiger partial charge is 0.462 e. The number of esters is 1. The maximum absolute atomic E-state index is 12.1. The number of hydrogen-bond donors (Lipinski definition) is 0. The molecule has 0 fully saturated rings. The maximum Gasteiger partial charge on any atom is 0.341 e. The van der Waals surface area contributed by atoms with Crippen molar-refractivity contribution in [1.29, 1.82) is 0 Å². The molecule has 0 atom stereocenters. The first kappa shape index (κ1) is 15.1. The van der Waals surface area contributed by atoms with Gasteiger partial charge in [0.2, 0.25) is 0 Å². The van der Waals surface area contributed by atoms with Crippen LogP contribution >= 0.6 is 0 Å². The highest BCUT2D eigenvalue weighted by Gasteiger charge is 2.15. The highest BCUT2D eigenvalue weighted by Crippen LogP contribution is 2.18. The van der Waals surface area contributed by atoms with Crippen molar-refractivity contribution in [3.05, 3.63) is 41.6 Å². The second kappa shape index (κ2) is 5.97. The molecule has 0 unspecified atom stereocenters. The van der Waals surface area contributed by atoms with Crippen molar-refractivity contribution in [2.75, 3.05) is 6.61 Å². The number of carbonyl (C=O) groups excluding carboxylic acids is 1. The summed E-state index contributed by atoms with van der Waals surface area (Å²) in [5.74, 6) is 5.76. The highest BCUT2D eigenvalue weighted by molar-refractivity contribution is 5.96. The molecule has 3 nitrogen and oxygen atoms in total. The van der Waals surface area contributed by atoms with Crippen LogP contribution in [-0.2, 0) is 4.74 Å². The molecule has 3 heteroatoms. The zero-order valence-corrected chi connectivity index (χ0v) is 12.9. The topological polar surface area (TPSA) is 39.2 Å². The van der Waals surface area contributed by atoms with Crippen LogP contribution in [0, 0.1) is 17.3 Å². The summed E-state index contributed by atoms with van der Waals surface area (Å²) in [5.41, 5.74) is 1.57. The molecule has 0 bridgehead atoms. The lowest BCUT2D eigenvalue weighted by Gasteiger charge is -2.09. The number of fused-ring (bicyclic) bond motifs is 1. The quantitative estimate of drug-likeness (QED) is 0.620. The number of pyridine rings is 1. The molecule has 0 aliphatic rings. The Morgan fingerprint density at radius 3 is 2.67 bits per heavy atom. The number of aromatic nitrogens is 1. The summed E-state index contributed by atoms with van der Waals surface area (Å²) in [6.07, 6.45) is 0. The van der Waals surface area contributed by atoms with E-state index in [2.05, 4.69) is 16.8 Å². The van der Waals surface area contributed by atoms with E-state index in [0.29, 0.717) is 17.9 Å². The van der Waals surface area contributed by atoms with Crippen LogP contribution in [0.2, 0.25) is 0 Å². The third-order valence-electron chi connectivity index (χ3n) is 2.78. The molecule has 1 aromatic carbocycles. The van der Waals surface area contributed by atoms with E-state index in [0.717, 1.165) is 10.9 Å². The number of benzene rings is 1. The summed E-state index contributed by atoms with van der Waals surface area (Å²) in [6.45, 7) is 8.17. The van der Waals surface area contributed by atoms with Gasteiger partial charge in [0.1, 0.15) is 5.69 Å².